The van der Waals surface area contributed by atoms with Gasteiger partial charge >= 0.3 is 12.1 Å². The largest absolute Gasteiger partial charge is 0.461 e. The van der Waals surface area contributed by atoms with Gasteiger partial charge in [-0.3, -0.25) is 0 Å². The quantitative estimate of drug-likeness (QED) is 0.747. The number of nitrogens with zero attached hydrogens (tertiary/aromatic N) is 2. The Bertz CT molecular complexity index is 417. The van der Waals surface area contributed by atoms with Gasteiger partial charge in [0.1, 0.15) is 6.61 Å². The minimum absolute atomic E-state index is 0.224. The molecule has 0 N–H and O–H groups in total. The summed E-state index contributed by atoms with van der Waals surface area (Å²) in [7, 11) is 0. The van der Waals surface area contributed by atoms with E-state index in [-0.39, 0.29) is 5.69 Å². The van der Waals surface area contributed by atoms with Crippen LogP contribution in [-0.2, 0) is 9.47 Å². The van der Waals surface area contributed by atoms with E-state index in [0.29, 0.717) is 24.9 Å². The van der Waals surface area contributed by atoms with E-state index < -0.39 is 12.1 Å². The van der Waals surface area contributed by atoms with Crippen LogP contribution in [0.4, 0.5) is 9.93 Å². The van der Waals surface area contributed by atoms with Crippen molar-refractivity contribution in [3.05, 3.63) is 11.1 Å². The van der Waals surface area contributed by atoms with Crippen molar-refractivity contribution >= 4 is 28.5 Å². The Hall–Kier alpha value is -1.63. The molecule has 0 radical (unpaired) electrons. The fourth-order valence-corrected chi connectivity index (χ4v) is 2.06. The Kier molecular flexibility index (Phi) is 3.04. The first kappa shape index (κ1) is 10.9. The smallest absolute Gasteiger partial charge is 0.416 e. The summed E-state index contributed by atoms with van der Waals surface area (Å²) in [6.07, 6.45) is -0.426. The molecule has 0 unspecified atom stereocenters. The average molecular weight is 242 g/mol. The van der Waals surface area contributed by atoms with E-state index in [9.17, 15) is 9.59 Å². The maximum absolute atomic E-state index is 11.3. The highest BCUT2D eigenvalue weighted by Crippen LogP contribution is 2.23. The van der Waals surface area contributed by atoms with Gasteiger partial charge in [0.05, 0.1) is 13.2 Å². The molecule has 1 fully saturated rings. The number of esters is 1. The monoisotopic (exact) mass is 242 g/mol. The van der Waals surface area contributed by atoms with Crippen molar-refractivity contribution in [2.75, 3.05) is 24.7 Å². The molecule has 1 aliphatic heterocycles. The zero-order chi connectivity index (χ0) is 11.5. The van der Waals surface area contributed by atoms with Crippen molar-refractivity contribution in [2.24, 2.45) is 0 Å². The molecule has 1 aromatic heterocycles. The van der Waals surface area contributed by atoms with Crippen LogP contribution in [0.2, 0.25) is 0 Å². The van der Waals surface area contributed by atoms with Crippen molar-refractivity contribution in [1.29, 1.82) is 0 Å². The highest BCUT2D eigenvalue weighted by molar-refractivity contribution is 7.14. The molecule has 0 bridgehead atoms. The lowest BCUT2D eigenvalue weighted by Gasteiger charge is -2.06. The first-order chi connectivity index (χ1) is 7.72. The summed E-state index contributed by atoms with van der Waals surface area (Å²) in [6.45, 7) is 2.85. The number of cyclic esters (lactones) is 1. The van der Waals surface area contributed by atoms with Gasteiger partial charge in [0.2, 0.25) is 0 Å². The Morgan fingerprint density at radius 3 is 3.19 bits per heavy atom. The molecule has 86 valence electrons. The number of aromatic nitrogens is 1. The fourth-order valence-electron chi connectivity index (χ4n) is 1.25. The lowest BCUT2D eigenvalue weighted by molar-refractivity contribution is 0.0520. The molecule has 0 spiro atoms. The predicted octanol–water partition coefficient (Wildman–Crippen LogP) is 1.28. The molecular weight excluding hydrogens is 232 g/mol. The van der Waals surface area contributed by atoms with Crippen molar-refractivity contribution in [1.82, 2.24) is 4.98 Å². The zero-order valence-corrected chi connectivity index (χ0v) is 9.45. The van der Waals surface area contributed by atoms with Crippen molar-refractivity contribution < 1.29 is 19.1 Å². The number of carbonyl (C=O) groups is 2. The highest BCUT2D eigenvalue weighted by Gasteiger charge is 2.27. The summed E-state index contributed by atoms with van der Waals surface area (Å²) < 4.78 is 9.58. The molecule has 16 heavy (non-hydrogen) atoms. The summed E-state index contributed by atoms with van der Waals surface area (Å²) in [6, 6.07) is 0. The molecule has 0 saturated carbocycles. The third-order valence-electron chi connectivity index (χ3n) is 1.97. The average Bonchev–Trinajstić information content (AvgIpc) is 2.86. The van der Waals surface area contributed by atoms with E-state index in [1.807, 2.05) is 0 Å². The van der Waals surface area contributed by atoms with Gasteiger partial charge in [-0.2, -0.15) is 0 Å². The second-order valence-electron chi connectivity index (χ2n) is 3.00. The molecule has 0 aromatic carbocycles. The SMILES string of the molecule is CCOC(=O)c1csc(N2CCOC2=O)n1. The van der Waals surface area contributed by atoms with Gasteiger partial charge in [0.25, 0.3) is 0 Å². The predicted molar refractivity (Wildman–Crippen MR) is 56.8 cm³/mol. The Balaban J connectivity index is 2.13. The van der Waals surface area contributed by atoms with Gasteiger partial charge in [-0.25, -0.2) is 19.5 Å². The van der Waals surface area contributed by atoms with E-state index >= 15 is 0 Å². The number of amides is 1. The number of carbonyl (C=O) groups excluding carboxylic acids is 2. The molecule has 0 atom stereocenters. The van der Waals surface area contributed by atoms with Crippen LogP contribution in [0.3, 0.4) is 0 Å². The first-order valence-electron chi connectivity index (χ1n) is 4.79. The maximum atomic E-state index is 11.3. The van der Waals surface area contributed by atoms with Gasteiger partial charge in [0.15, 0.2) is 10.8 Å². The number of hydrogen-bond donors (Lipinski definition) is 0. The van der Waals surface area contributed by atoms with Crippen LogP contribution in [0.15, 0.2) is 5.38 Å². The molecule has 2 rings (SSSR count). The number of hydrogen-bond acceptors (Lipinski definition) is 6. The number of anilines is 1. The molecule has 0 aliphatic carbocycles. The lowest BCUT2D eigenvalue weighted by atomic mass is 10.5. The van der Waals surface area contributed by atoms with Gasteiger partial charge in [0, 0.05) is 5.38 Å². The van der Waals surface area contributed by atoms with Crippen LogP contribution in [0.5, 0.6) is 0 Å². The van der Waals surface area contributed by atoms with Gasteiger partial charge < -0.3 is 9.47 Å². The summed E-state index contributed by atoms with van der Waals surface area (Å²) in [5, 5.41) is 2.03. The van der Waals surface area contributed by atoms with Crippen LogP contribution < -0.4 is 4.90 Å². The molecule has 1 amide bonds. The summed E-state index contributed by atoms with van der Waals surface area (Å²) >= 11 is 1.22. The van der Waals surface area contributed by atoms with Crippen LogP contribution >= 0.6 is 11.3 Å². The second kappa shape index (κ2) is 4.48. The summed E-state index contributed by atoms with van der Waals surface area (Å²) in [4.78, 5) is 28.0. The first-order valence-corrected chi connectivity index (χ1v) is 5.67. The minimum Gasteiger partial charge on any atom is -0.461 e. The molecular formula is C9H10N2O4S. The molecule has 1 aliphatic rings. The molecule has 6 nitrogen and oxygen atoms in total. The molecule has 1 saturated heterocycles. The van der Waals surface area contributed by atoms with E-state index in [0.717, 1.165) is 0 Å². The van der Waals surface area contributed by atoms with E-state index in [2.05, 4.69) is 4.98 Å². The lowest BCUT2D eigenvalue weighted by Crippen LogP contribution is -2.23. The molecule has 7 heteroatoms. The van der Waals surface area contributed by atoms with Crippen LogP contribution in [0, 0.1) is 0 Å². The van der Waals surface area contributed by atoms with Crippen molar-refractivity contribution in [3.8, 4) is 0 Å². The number of ether oxygens (including phenoxy) is 2. The van der Waals surface area contributed by atoms with Gasteiger partial charge in [-0.15, -0.1) is 11.3 Å². The Morgan fingerprint density at radius 2 is 2.56 bits per heavy atom. The van der Waals surface area contributed by atoms with E-state index in [4.69, 9.17) is 9.47 Å². The summed E-state index contributed by atoms with van der Waals surface area (Å²) in [5.41, 5.74) is 0.224. The third-order valence-corrected chi connectivity index (χ3v) is 2.83. The topological polar surface area (TPSA) is 68.7 Å². The van der Waals surface area contributed by atoms with Crippen LogP contribution in [0.25, 0.3) is 0 Å². The summed E-state index contributed by atoms with van der Waals surface area (Å²) in [5.74, 6) is -0.474. The zero-order valence-electron chi connectivity index (χ0n) is 8.63. The third kappa shape index (κ3) is 1.99. The fraction of sp³-hybridized carbons (Fsp3) is 0.444. The van der Waals surface area contributed by atoms with Gasteiger partial charge in [-0.1, -0.05) is 0 Å². The Morgan fingerprint density at radius 1 is 1.75 bits per heavy atom. The normalized spacial score (nSPS) is 15.1. The maximum Gasteiger partial charge on any atom is 0.416 e. The second-order valence-corrected chi connectivity index (χ2v) is 3.84. The van der Waals surface area contributed by atoms with Crippen molar-refractivity contribution in [2.45, 2.75) is 6.92 Å². The van der Waals surface area contributed by atoms with Crippen LogP contribution in [0.1, 0.15) is 17.4 Å². The molecule has 1 aromatic rings. The number of thiazole rings is 1. The molecule has 2 heterocycles. The van der Waals surface area contributed by atoms with Crippen molar-refractivity contribution in [3.63, 3.8) is 0 Å². The van der Waals surface area contributed by atoms with E-state index in [1.165, 1.54) is 16.2 Å². The highest BCUT2D eigenvalue weighted by atomic mass is 32.1. The number of rotatable bonds is 3. The minimum atomic E-state index is -0.474. The van der Waals surface area contributed by atoms with Crippen LogP contribution in [-0.4, -0.2) is 36.8 Å². The standard InChI is InChI=1S/C9H10N2O4S/c1-2-14-7(12)6-5-16-8(10-6)11-3-4-15-9(11)13/h5H,2-4H2,1H3. The Labute approximate surface area is 95.8 Å². The van der Waals surface area contributed by atoms with Gasteiger partial charge in [-0.05, 0) is 6.92 Å². The van der Waals surface area contributed by atoms with E-state index in [1.54, 1.807) is 12.3 Å².